The van der Waals surface area contributed by atoms with E-state index in [2.05, 4.69) is 10.3 Å². The van der Waals surface area contributed by atoms with Gasteiger partial charge in [-0.2, -0.15) is 4.31 Å². The molecule has 1 aromatic heterocycles. The second-order valence-electron chi connectivity index (χ2n) is 7.26. The topological polar surface area (TPSA) is 113 Å². The molecule has 0 bridgehead atoms. The van der Waals surface area contributed by atoms with Gasteiger partial charge in [0, 0.05) is 13.1 Å². The van der Waals surface area contributed by atoms with Crippen molar-refractivity contribution >= 4 is 16.0 Å². The van der Waals surface area contributed by atoms with Crippen LogP contribution in [0.1, 0.15) is 16.1 Å². The quantitative estimate of drug-likeness (QED) is 0.341. The Kier molecular flexibility index (Phi) is 7.33. The third kappa shape index (κ3) is 5.95. The zero-order valence-electron chi connectivity index (χ0n) is 17.9. The van der Waals surface area contributed by atoms with Crippen LogP contribution in [0.4, 0.5) is 0 Å². The first kappa shape index (κ1) is 22.9. The average Bonchev–Trinajstić information content (AvgIpc) is 3.32. The van der Waals surface area contributed by atoms with Crippen LogP contribution in [0.25, 0.3) is 0 Å². The van der Waals surface area contributed by atoms with Crippen LogP contribution in [-0.4, -0.2) is 73.2 Å². The smallest absolute Gasteiger partial charge is 0.360 e. The van der Waals surface area contributed by atoms with Gasteiger partial charge in [-0.25, -0.2) is 17.9 Å². The number of carbonyl (C=O) groups excluding carboxylic acids is 1. The first-order valence-electron chi connectivity index (χ1n) is 10.4. The predicted octanol–water partition coefficient (Wildman–Crippen LogP) is 1.58. The molecule has 1 aliphatic rings. The molecule has 11 heteroatoms. The van der Waals surface area contributed by atoms with E-state index in [1.165, 1.54) is 22.6 Å². The van der Waals surface area contributed by atoms with Crippen LogP contribution in [-0.2, 0) is 26.0 Å². The fraction of sp³-hybridized carbons (Fsp3) is 0.318. The van der Waals surface area contributed by atoms with E-state index in [9.17, 15) is 13.2 Å². The van der Waals surface area contributed by atoms with E-state index in [1.807, 2.05) is 30.3 Å². The van der Waals surface area contributed by atoms with E-state index in [0.717, 1.165) is 5.56 Å². The van der Waals surface area contributed by atoms with Gasteiger partial charge in [0.1, 0.15) is 19.0 Å². The summed E-state index contributed by atoms with van der Waals surface area (Å²) in [5.74, 6) is -0.120. The number of carbonyl (C=O) groups is 1. The Balaban J connectivity index is 1.22. The predicted molar refractivity (Wildman–Crippen MR) is 117 cm³/mol. The number of ether oxygens (including phenoxy) is 3. The van der Waals surface area contributed by atoms with Crippen LogP contribution in [0.3, 0.4) is 0 Å². The number of morpholine rings is 1. The SMILES string of the molecule is O=C(OCCOc1ccc(S(=O)(=O)N2CCOCC2)cc1)c1cn(Cc2ccccc2)nn1. The van der Waals surface area contributed by atoms with E-state index in [1.54, 1.807) is 16.8 Å². The number of hydrogen-bond acceptors (Lipinski definition) is 8. The van der Waals surface area contributed by atoms with Crippen molar-refractivity contribution in [2.24, 2.45) is 0 Å². The van der Waals surface area contributed by atoms with Gasteiger partial charge in [0.2, 0.25) is 10.0 Å². The maximum atomic E-state index is 12.6. The van der Waals surface area contributed by atoms with Crippen molar-refractivity contribution in [1.82, 2.24) is 19.3 Å². The zero-order valence-corrected chi connectivity index (χ0v) is 18.7. The summed E-state index contributed by atoms with van der Waals surface area (Å²) in [6, 6.07) is 15.8. The Morgan fingerprint density at radius 3 is 2.45 bits per heavy atom. The van der Waals surface area contributed by atoms with Crippen molar-refractivity contribution in [2.75, 3.05) is 39.5 Å². The summed E-state index contributed by atoms with van der Waals surface area (Å²) >= 11 is 0. The highest BCUT2D eigenvalue weighted by atomic mass is 32.2. The van der Waals surface area contributed by atoms with E-state index >= 15 is 0 Å². The molecule has 1 fully saturated rings. The van der Waals surface area contributed by atoms with E-state index < -0.39 is 16.0 Å². The van der Waals surface area contributed by atoms with Crippen molar-refractivity contribution in [1.29, 1.82) is 0 Å². The zero-order chi connectivity index (χ0) is 23.1. The fourth-order valence-electron chi connectivity index (χ4n) is 3.25. The molecule has 10 nitrogen and oxygen atoms in total. The first-order valence-corrected chi connectivity index (χ1v) is 11.9. The Morgan fingerprint density at radius 1 is 1.00 bits per heavy atom. The number of aromatic nitrogens is 3. The van der Waals surface area contributed by atoms with Crippen LogP contribution in [0.15, 0.2) is 65.7 Å². The number of esters is 1. The normalized spacial score (nSPS) is 14.7. The highest BCUT2D eigenvalue weighted by molar-refractivity contribution is 7.89. The molecule has 2 heterocycles. The van der Waals surface area contributed by atoms with Crippen molar-refractivity contribution in [3.8, 4) is 5.75 Å². The molecule has 0 amide bonds. The molecule has 0 spiro atoms. The van der Waals surface area contributed by atoms with Gasteiger partial charge in [-0.05, 0) is 29.8 Å². The molecule has 0 atom stereocenters. The van der Waals surface area contributed by atoms with Gasteiger partial charge in [-0.1, -0.05) is 35.5 Å². The Bertz CT molecular complexity index is 1160. The lowest BCUT2D eigenvalue weighted by atomic mass is 10.2. The number of nitrogens with zero attached hydrogens (tertiary/aromatic N) is 4. The molecule has 0 saturated carbocycles. The van der Waals surface area contributed by atoms with Crippen LogP contribution in [0.5, 0.6) is 5.75 Å². The minimum atomic E-state index is -3.55. The molecule has 33 heavy (non-hydrogen) atoms. The van der Waals surface area contributed by atoms with Crippen LogP contribution in [0.2, 0.25) is 0 Å². The average molecular weight is 473 g/mol. The number of rotatable bonds is 9. The lowest BCUT2D eigenvalue weighted by Crippen LogP contribution is -2.40. The maximum absolute atomic E-state index is 12.6. The summed E-state index contributed by atoms with van der Waals surface area (Å²) in [5.41, 5.74) is 1.16. The third-order valence-corrected chi connectivity index (χ3v) is 6.86. The molecular weight excluding hydrogens is 448 g/mol. The summed E-state index contributed by atoms with van der Waals surface area (Å²) in [6.07, 6.45) is 1.53. The van der Waals surface area contributed by atoms with Gasteiger partial charge in [-0.3, -0.25) is 0 Å². The molecule has 0 radical (unpaired) electrons. The molecule has 2 aromatic carbocycles. The third-order valence-electron chi connectivity index (χ3n) is 4.95. The summed E-state index contributed by atoms with van der Waals surface area (Å²) in [5, 5.41) is 7.79. The summed E-state index contributed by atoms with van der Waals surface area (Å²) < 4.78 is 44.2. The van der Waals surface area contributed by atoms with E-state index in [0.29, 0.717) is 38.6 Å². The molecule has 1 saturated heterocycles. The standard InChI is InChI=1S/C22H24N4O6S/c27-22(21-17-25(24-23-21)16-18-4-2-1-3-5-18)32-15-14-31-19-6-8-20(9-7-19)33(28,29)26-10-12-30-13-11-26/h1-9,17H,10-16H2. The van der Waals surface area contributed by atoms with E-state index in [-0.39, 0.29) is 23.8 Å². The van der Waals surface area contributed by atoms with Gasteiger partial charge in [-0.15, -0.1) is 5.10 Å². The number of benzene rings is 2. The Morgan fingerprint density at radius 2 is 1.73 bits per heavy atom. The van der Waals surface area contributed by atoms with Crippen molar-refractivity contribution in [3.05, 3.63) is 72.1 Å². The molecule has 1 aliphatic heterocycles. The van der Waals surface area contributed by atoms with Crippen molar-refractivity contribution < 1.29 is 27.4 Å². The van der Waals surface area contributed by atoms with Crippen molar-refractivity contribution in [2.45, 2.75) is 11.4 Å². The minimum absolute atomic E-state index is 0.0121. The van der Waals surface area contributed by atoms with Crippen LogP contribution in [0, 0.1) is 0 Å². The lowest BCUT2D eigenvalue weighted by Gasteiger charge is -2.26. The van der Waals surface area contributed by atoms with E-state index in [4.69, 9.17) is 14.2 Å². The molecular formula is C22H24N4O6S. The van der Waals surface area contributed by atoms with Crippen LogP contribution < -0.4 is 4.74 Å². The largest absolute Gasteiger partial charge is 0.490 e. The highest BCUT2D eigenvalue weighted by Crippen LogP contribution is 2.20. The maximum Gasteiger partial charge on any atom is 0.360 e. The van der Waals surface area contributed by atoms with Gasteiger partial charge >= 0.3 is 5.97 Å². The van der Waals surface area contributed by atoms with Gasteiger partial charge < -0.3 is 14.2 Å². The second kappa shape index (κ2) is 10.6. The van der Waals surface area contributed by atoms with Gasteiger partial charge in [0.25, 0.3) is 0 Å². The fourth-order valence-corrected chi connectivity index (χ4v) is 4.66. The molecule has 4 rings (SSSR count). The van der Waals surface area contributed by atoms with Gasteiger partial charge in [0.15, 0.2) is 5.69 Å². The Labute approximate surface area is 191 Å². The second-order valence-corrected chi connectivity index (χ2v) is 9.20. The first-order chi connectivity index (χ1) is 16.0. The number of hydrogen-bond donors (Lipinski definition) is 0. The van der Waals surface area contributed by atoms with Crippen molar-refractivity contribution in [3.63, 3.8) is 0 Å². The highest BCUT2D eigenvalue weighted by Gasteiger charge is 2.26. The van der Waals surface area contributed by atoms with Crippen LogP contribution >= 0.6 is 0 Å². The summed E-state index contributed by atoms with van der Waals surface area (Å²) in [6.45, 7) is 2.09. The van der Waals surface area contributed by atoms with Gasteiger partial charge in [0.05, 0.1) is 30.9 Å². The molecule has 0 unspecified atom stereocenters. The molecule has 174 valence electrons. The minimum Gasteiger partial charge on any atom is -0.490 e. The Hall–Kier alpha value is -3.28. The molecule has 3 aromatic rings. The summed E-state index contributed by atoms with van der Waals surface area (Å²) in [4.78, 5) is 12.3. The summed E-state index contributed by atoms with van der Waals surface area (Å²) in [7, 11) is -3.55. The monoisotopic (exact) mass is 472 g/mol. The number of sulfonamides is 1. The molecule has 0 aliphatic carbocycles. The molecule has 0 N–H and O–H groups in total. The lowest BCUT2D eigenvalue weighted by molar-refractivity contribution is 0.0443.